The van der Waals surface area contributed by atoms with Crippen molar-refractivity contribution < 1.29 is 19.5 Å². The van der Waals surface area contributed by atoms with E-state index in [2.05, 4.69) is 0 Å². The van der Waals surface area contributed by atoms with E-state index in [9.17, 15) is 14.8 Å². The molecule has 2 rings (SSSR count). The molecule has 1 unspecified atom stereocenters. The molecule has 5 heteroatoms. The van der Waals surface area contributed by atoms with Gasteiger partial charge in [0, 0.05) is 19.4 Å². The molecule has 0 amide bonds. The maximum Gasteiger partial charge on any atom is 0.145 e. The second-order valence-electron chi connectivity index (χ2n) is 5.73. The van der Waals surface area contributed by atoms with Gasteiger partial charge in [-0.2, -0.15) is 5.06 Å². The van der Waals surface area contributed by atoms with Crippen molar-refractivity contribution in [2.45, 2.75) is 32.7 Å². The van der Waals surface area contributed by atoms with E-state index in [0.29, 0.717) is 26.0 Å². The average Bonchev–Trinajstić information content (AvgIpc) is 2.17. The molecular formula is C12H19NO4. The molecule has 1 atom stereocenters. The van der Waals surface area contributed by atoms with Crippen LogP contribution in [-0.2, 0) is 14.3 Å². The van der Waals surface area contributed by atoms with Crippen LogP contribution in [0.2, 0.25) is 0 Å². The van der Waals surface area contributed by atoms with Crippen molar-refractivity contribution in [2.24, 2.45) is 11.3 Å². The largest absolute Gasteiger partial charge is 0.378 e. The molecule has 0 aromatic carbocycles. The number of nitrogens with zero attached hydrogens (tertiary/aromatic N) is 1. The molecule has 0 bridgehead atoms. The zero-order chi connectivity index (χ0) is 12.6. The van der Waals surface area contributed by atoms with Gasteiger partial charge in [-0.1, -0.05) is 13.8 Å². The third kappa shape index (κ3) is 2.56. The lowest BCUT2D eigenvalue weighted by molar-refractivity contribution is -0.199. The second-order valence-corrected chi connectivity index (χ2v) is 5.73. The third-order valence-electron chi connectivity index (χ3n) is 3.52. The Kier molecular flexibility index (Phi) is 3.34. The summed E-state index contributed by atoms with van der Waals surface area (Å²) in [4.78, 5) is 24.1. The van der Waals surface area contributed by atoms with Crippen molar-refractivity contribution in [1.29, 1.82) is 0 Å². The molecule has 0 radical (unpaired) electrons. The van der Waals surface area contributed by atoms with Crippen LogP contribution in [0.5, 0.6) is 0 Å². The first kappa shape index (κ1) is 12.7. The summed E-state index contributed by atoms with van der Waals surface area (Å²) in [5.74, 6) is -0.852. The lowest BCUT2D eigenvalue weighted by Gasteiger charge is -2.39. The van der Waals surface area contributed by atoms with E-state index in [4.69, 9.17) is 4.74 Å². The molecule has 1 N–H and O–H groups in total. The fourth-order valence-electron chi connectivity index (χ4n) is 2.72. The zero-order valence-corrected chi connectivity index (χ0v) is 10.3. The van der Waals surface area contributed by atoms with E-state index < -0.39 is 12.0 Å². The van der Waals surface area contributed by atoms with Crippen molar-refractivity contribution in [3.63, 3.8) is 0 Å². The molecular weight excluding hydrogens is 222 g/mol. The Morgan fingerprint density at radius 3 is 2.41 bits per heavy atom. The van der Waals surface area contributed by atoms with Crippen LogP contribution < -0.4 is 0 Å². The zero-order valence-electron chi connectivity index (χ0n) is 10.3. The maximum absolute atomic E-state index is 12.1. The summed E-state index contributed by atoms with van der Waals surface area (Å²) in [6, 6.07) is -0.500. The second kappa shape index (κ2) is 4.48. The Labute approximate surface area is 101 Å². The average molecular weight is 241 g/mol. The summed E-state index contributed by atoms with van der Waals surface area (Å²) in [6.07, 6.45) is 0.793. The van der Waals surface area contributed by atoms with Gasteiger partial charge in [-0.25, -0.2) is 0 Å². The molecule has 96 valence electrons. The number of rotatable bonds is 1. The number of morpholine rings is 1. The van der Waals surface area contributed by atoms with Gasteiger partial charge in [0.2, 0.25) is 0 Å². The Morgan fingerprint density at radius 1 is 1.29 bits per heavy atom. The number of ketones is 2. The molecule has 0 aromatic rings. The van der Waals surface area contributed by atoms with Gasteiger partial charge in [-0.05, 0) is 5.41 Å². The van der Waals surface area contributed by atoms with Crippen LogP contribution in [0.15, 0.2) is 0 Å². The van der Waals surface area contributed by atoms with Crippen molar-refractivity contribution >= 4 is 11.6 Å². The van der Waals surface area contributed by atoms with Crippen molar-refractivity contribution in [3.05, 3.63) is 0 Å². The van der Waals surface area contributed by atoms with Crippen LogP contribution in [0.4, 0.5) is 0 Å². The fraction of sp³-hybridized carbons (Fsp3) is 0.833. The number of hydrogen-bond donors (Lipinski definition) is 1. The number of Topliss-reactive ketones (excluding diaryl/α,β-unsaturated/α-hetero) is 2. The van der Waals surface area contributed by atoms with Gasteiger partial charge in [-0.15, -0.1) is 0 Å². The first-order valence-electron chi connectivity index (χ1n) is 5.99. The molecule has 0 aromatic heterocycles. The minimum atomic E-state index is -0.715. The van der Waals surface area contributed by atoms with Gasteiger partial charge in [0.1, 0.15) is 11.6 Å². The van der Waals surface area contributed by atoms with Gasteiger partial charge in [-0.3, -0.25) is 9.59 Å². The van der Waals surface area contributed by atoms with Gasteiger partial charge in [0.25, 0.3) is 0 Å². The number of ether oxygens (including phenoxy) is 1. The smallest absolute Gasteiger partial charge is 0.145 e. The highest BCUT2D eigenvalue weighted by atomic mass is 16.5. The van der Waals surface area contributed by atoms with Crippen LogP contribution in [-0.4, -0.2) is 47.6 Å². The Morgan fingerprint density at radius 2 is 1.88 bits per heavy atom. The van der Waals surface area contributed by atoms with E-state index in [1.807, 2.05) is 13.8 Å². The lowest BCUT2D eigenvalue weighted by Crippen LogP contribution is -2.54. The quantitative estimate of drug-likeness (QED) is 0.683. The number of carbonyl (C=O) groups is 2. The van der Waals surface area contributed by atoms with Gasteiger partial charge < -0.3 is 9.94 Å². The predicted molar refractivity (Wildman–Crippen MR) is 59.6 cm³/mol. The van der Waals surface area contributed by atoms with Gasteiger partial charge in [0.05, 0.1) is 25.2 Å². The van der Waals surface area contributed by atoms with Crippen LogP contribution in [0, 0.1) is 11.3 Å². The van der Waals surface area contributed by atoms with Crippen molar-refractivity contribution in [1.82, 2.24) is 5.06 Å². The molecule has 5 nitrogen and oxygen atoms in total. The minimum Gasteiger partial charge on any atom is -0.378 e. The molecule has 1 saturated carbocycles. The first-order valence-corrected chi connectivity index (χ1v) is 5.99. The van der Waals surface area contributed by atoms with Crippen LogP contribution in [0.1, 0.15) is 26.7 Å². The minimum absolute atomic E-state index is 0.0687. The maximum atomic E-state index is 12.1. The molecule has 17 heavy (non-hydrogen) atoms. The third-order valence-corrected chi connectivity index (χ3v) is 3.52. The summed E-state index contributed by atoms with van der Waals surface area (Å²) in [7, 11) is 0. The Bertz CT molecular complexity index is 319. The van der Waals surface area contributed by atoms with E-state index in [0.717, 1.165) is 5.06 Å². The fourth-order valence-corrected chi connectivity index (χ4v) is 2.72. The monoisotopic (exact) mass is 241 g/mol. The van der Waals surface area contributed by atoms with E-state index in [-0.39, 0.29) is 23.6 Å². The van der Waals surface area contributed by atoms with E-state index >= 15 is 0 Å². The molecule has 2 fully saturated rings. The van der Waals surface area contributed by atoms with Crippen LogP contribution in [0.3, 0.4) is 0 Å². The molecule has 1 aliphatic heterocycles. The van der Waals surface area contributed by atoms with Gasteiger partial charge >= 0.3 is 0 Å². The molecule has 2 aliphatic rings. The molecule has 1 heterocycles. The highest BCUT2D eigenvalue weighted by Crippen LogP contribution is 2.36. The summed E-state index contributed by atoms with van der Waals surface area (Å²) in [5.41, 5.74) is -0.250. The summed E-state index contributed by atoms with van der Waals surface area (Å²) in [5, 5.41) is 10.8. The highest BCUT2D eigenvalue weighted by molar-refractivity contribution is 6.05. The van der Waals surface area contributed by atoms with Crippen LogP contribution in [0.25, 0.3) is 0 Å². The number of carbonyl (C=O) groups excluding carboxylic acids is 2. The van der Waals surface area contributed by atoms with E-state index in [1.165, 1.54) is 0 Å². The topological polar surface area (TPSA) is 66.8 Å². The summed E-state index contributed by atoms with van der Waals surface area (Å²) < 4.78 is 5.25. The number of hydroxylamine groups is 2. The highest BCUT2D eigenvalue weighted by Gasteiger charge is 2.45. The Hall–Kier alpha value is -0.780. The van der Waals surface area contributed by atoms with Crippen molar-refractivity contribution in [3.8, 4) is 0 Å². The molecule has 0 spiro atoms. The lowest BCUT2D eigenvalue weighted by atomic mass is 9.69. The molecule has 1 saturated heterocycles. The van der Waals surface area contributed by atoms with Crippen molar-refractivity contribution in [2.75, 3.05) is 19.8 Å². The summed E-state index contributed by atoms with van der Waals surface area (Å²) in [6.45, 7) is 4.89. The Balaban J connectivity index is 2.15. The first-order chi connectivity index (χ1) is 7.91. The summed E-state index contributed by atoms with van der Waals surface area (Å²) >= 11 is 0. The standard InChI is InChI=1S/C12H19NO4/c1-12(2)5-9(14)11(10(15)6-12)8-7-17-4-3-13(8)16/h8,11,16H,3-7H2,1-2H3. The SMILES string of the molecule is CC1(C)CC(=O)C(C2COCCN2O)C(=O)C1. The molecule has 1 aliphatic carbocycles. The number of hydrogen-bond acceptors (Lipinski definition) is 5. The van der Waals surface area contributed by atoms with Gasteiger partial charge in [0.15, 0.2) is 0 Å². The van der Waals surface area contributed by atoms with Crippen LogP contribution >= 0.6 is 0 Å². The predicted octanol–water partition coefficient (Wildman–Crippen LogP) is 0.651. The normalized spacial score (nSPS) is 31.8. The van der Waals surface area contributed by atoms with E-state index in [1.54, 1.807) is 0 Å².